The van der Waals surface area contributed by atoms with Crippen LogP contribution in [0.3, 0.4) is 0 Å². The monoisotopic (exact) mass is 369 g/mol. The van der Waals surface area contributed by atoms with E-state index in [1.807, 2.05) is 25.1 Å². The Bertz CT molecular complexity index is 328. The molecule has 1 aromatic rings. The first-order chi connectivity index (χ1) is 6.49. The molecule has 4 heteroatoms. The minimum absolute atomic E-state index is 0.102. The molecule has 0 heterocycles. The lowest BCUT2D eigenvalue weighted by molar-refractivity contribution is 0.247. The van der Waals surface area contributed by atoms with Gasteiger partial charge in [-0.3, -0.25) is 0 Å². The van der Waals surface area contributed by atoms with E-state index >= 15 is 0 Å². The van der Waals surface area contributed by atoms with E-state index in [0.29, 0.717) is 6.42 Å². The minimum atomic E-state index is -0.477. The molecule has 0 fully saturated rings. The quantitative estimate of drug-likeness (QED) is 0.804. The fourth-order valence-electron chi connectivity index (χ4n) is 1.31. The van der Waals surface area contributed by atoms with Crippen molar-refractivity contribution in [3.63, 3.8) is 0 Å². The maximum absolute atomic E-state index is 8.93. The summed E-state index contributed by atoms with van der Waals surface area (Å²) in [5.41, 5.74) is 6.69. The van der Waals surface area contributed by atoms with Crippen LogP contribution in [0, 0.1) is 3.57 Å². The molecule has 0 spiro atoms. The third-order valence-electron chi connectivity index (χ3n) is 2.20. The van der Waals surface area contributed by atoms with Crippen LogP contribution in [-0.2, 0) is 5.54 Å². The van der Waals surface area contributed by atoms with Gasteiger partial charge in [0.05, 0.1) is 0 Å². The van der Waals surface area contributed by atoms with Crippen LogP contribution in [0.4, 0.5) is 0 Å². The van der Waals surface area contributed by atoms with E-state index in [1.165, 1.54) is 0 Å². The summed E-state index contributed by atoms with van der Waals surface area (Å²) < 4.78 is 2.16. The summed E-state index contributed by atoms with van der Waals surface area (Å²) in [6.07, 6.45) is 0.561. The molecule has 0 aliphatic heterocycles. The predicted molar refractivity (Wildman–Crippen MR) is 70.1 cm³/mol. The second-order valence-electron chi connectivity index (χ2n) is 3.49. The molecule has 1 rings (SSSR count). The molecule has 14 heavy (non-hydrogen) atoms. The fourth-order valence-corrected chi connectivity index (χ4v) is 2.53. The van der Waals surface area contributed by atoms with Gasteiger partial charge >= 0.3 is 0 Å². The molecule has 1 atom stereocenters. The number of aliphatic hydroxyl groups excluding tert-OH is 1. The lowest BCUT2D eigenvalue weighted by Crippen LogP contribution is -2.34. The number of nitrogens with two attached hydrogens (primary N) is 1. The first kappa shape index (κ1) is 12.4. The molecular formula is C10H13BrINO. The van der Waals surface area contributed by atoms with Gasteiger partial charge in [0.2, 0.25) is 0 Å². The van der Waals surface area contributed by atoms with E-state index in [1.54, 1.807) is 0 Å². The Morgan fingerprint density at radius 1 is 1.57 bits per heavy atom. The van der Waals surface area contributed by atoms with Crippen molar-refractivity contribution in [2.24, 2.45) is 5.73 Å². The van der Waals surface area contributed by atoms with Crippen molar-refractivity contribution < 1.29 is 5.11 Å². The normalized spacial score (nSPS) is 15.2. The van der Waals surface area contributed by atoms with Gasteiger partial charge in [-0.25, -0.2) is 0 Å². The lowest BCUT2D eigenvalue weighted by atomic mass is 9.90. The van der Waals surface area contributed by atoms with Gasteiger partial charge in [-0.1, -0.05) is 12.1 Å². The second kappa shape index (κ2) is 4.92. The van der Waals surface area contributed by atoms with Crippen LogP contribution < -0.4 is 5.73 Å². The zero-order chi connectivity index (χ0) is 10.8. The molecule has 0 aliphatic carbocycles. The maximum Gasteiger partial charge on any atom is 0.0451 e. The van der Waals surface area contributed by atoms with Crippen molar-refractivity contribution in [2.75, 3.05) is 6.61 Å². The van der Waals surface area contributed by atoms with Crippen molar-refractivity contribution in [3.05, 3.63) is 31.8 Å². The minimum Gasteiger partial charge on any atom is -0.396 e. The van der Waals surface area contributed by atoms with Crippen molar-refractivity contribution in [1.29, 1.82) is 0 Å². The van der Waals surface area contributed by atoms with Crippen LogP contribution in [0.5, 0.6) is 0 Å². The predicted octanol–water partition coefficient (Wildman–Crippen LogP) is 2.61. The highest BCUT2D eigenvalue weighted by Crippen LogP contribution is 2.31. The summed E-state index contributed by atoms with van der Waals surface area (Å²) in [7, 11) is 0. The molecule has 0 aromatic heterocycles. The van der Waals surface area contributed by atoms with Gasteiger partial charge in [0.15, 0.2) is 0 Å². The first-order valence-electron chi connectivity index (χ1n) is 4.33. The van der Waals surface area contributed by atoms with E-state index < -0.39 is 5.54 Å². The van der Waals surface area contributed by atoms with Gasteiger partial charge in [0, 0.05) is 20.2 Å². The molecular weight excluding hydrogens is 357 g/mol. The topological polar surface area (TPSA) is 46.2 Å². The van der Waals surface area contributed by atoms with Crippen LogP contribution in [0.15, 0.2) is 22.7 Å². The molecule has 0 amide bonds. The number of aliphatic hydroxyl groups is 1. The van der Waals surface area contributed by atoms with Crippen LogP contribution in [-0.4, -0.2) is 11.7 Å². The molecule has 0 bridgehead atoms. The van der Waals surface area contributed by atoms with Crippen LogP contribution in [0.25, 0.3) is 0 Å². The van der Waals surface area contributed by atoms with Gasteiger partial charge < -0.3 is 10.8 Å². The number of hydrogen-bond acceptors (Lipinski definition) is 2. The smallest absolute Gasteiger partial charge is 0.0451 e. The summed E-state index contributed by atoms with van der Waals surface area (Å²) in [5, 5.41) is 8.93. The van der Waals surface area contributed by atoms with Gasteiger partial charge in [-0.05, 0) is 63.5 Å². The zero-order valence-electron chi connectivity index (χ0n) is 7.93. The van der Waals surface area contributed by atoms with Crippen molar-refractivity contribution >= 4 is 38.5 Å². The Labute approximate surface area is 106 Å². The molecule has 0 aliphatic rings. The molecule has 3 N–H and O–H groups in total. The Kier molecular flexibility index (Phi) is 4.36. The van der Waals surface area contributed by atoms with E-state index in [-0.39, 0.29) is 6.61 Å². The second-order valence-corrected chi connectivity index (χ2v) is 5.45. The standard InChI is InChI=1S/C10H13BrINO/c1-10(13,5-6-14)7-3-2-4-8(12)9(7)11/h2-4,14H,5-6,13H2,1H3/t10-/m0/s1. The zero-order valence-corrected chi connectivity index (χ0v) is 11.7. The highest BCUT2D eigenvalue weighted by Gasteiger charge is 2.23. The molecule has 1 aromatic carbocycles. The first-order valence-corrected chi connectivity index (χ1v) is 6.20. The van der Waals surface area contributed by atoms with Gasteiger partial charge in [-0.15, -0.1) is 0 Å². The van der Waals surface area contributed by atoms with E-state index in [9.17, 15) is 0 Å². The summed E-state index contributed by atoms with van der Waals surface area (Å²) in [6, 6.07) is 5.98. The summed E-state index contributed by atoms with van der Waals surface area (Å²) >= 11 is 5.77. The van der Waals surface area contributed by atoms with E-state index in [0.717, 1.165) is 13.6 Å². The number of hydrogen-bond donors (Lipinski definition) is 2. The van der Waals surface area contributed by atoms with Crippen LogP contribution in [0.1, 0.15) is 18.9 Å². The SMILES string of the molecule is C[C@](N)(CCO)c1cccc(I)c1Br. The number of benzene rings is 1. The van der Waals surface area contributed by atoms with E-state index in [2.05, 4.69) is 38.5 Å². The maximum atomic E-state index is 8.93. The van der Waals surface area contributed by atoms with Gasteiger partial charge in [0.1, 0.15) is 0 Å². The molecule has 0 radical (unpaired) electrons. The Balaban J connectivity index is 3.12. The summed E-state index contributed by atoms with van der Waals surface area (Å²) in [4.78, 5) is 0. The fraction of sp³-hybridized carbons (Fsp3) is 0.400. The average molecular weight is 370 g/mol. The highest BCUT2D eigenvalue weighted by molar-refractivity contribution is 14.1. The van der Waals surface area contributed by atoms with E-state index in [4.69, 9.17) is 10.8 Å². The third kappa shape index (κ3) is 2.68. The Hall–Kier alpha value is 0.350. The Morgan fingerprint density at radius 3 is 2.79 bits per heavy atom. The number of rotatable bonds is 3. The summed E-state index contributed by atoms with van der Waals surface area (Å²) in [5.74, 6) is 0. The third-order valence-corrected chi connectivity index (χ3v) is 4.69. The number of halogens is 2. The van der Waals surface area contributed by atoms with Crippen molar-refractivity contribution in [3.8, 4) is 0 Å². The highest BCUT2D eigenvalue weighted by atomic mass is 127. The van der Waals surface area contributed by atoms with Crippen molar-refractivity contribution in [1.82, 2.24) is 0 Å². The Morgan fingerprint density at radius 2 is 2.21 bits per heavy atom. The molecule has 0 saturated carbocycles. The average Bonchev–Trinajstić information content (AvgIpc) is 2.09. The van der Waals surface area contributed by atoms with Crippen molar-refractivity contribution in [2.45, 2.75) is 18.9 Å². The lowest BCUT2D eigenvalue weighted by Gasteiger charge is -2.25. The molecule has 78 valence electrons. The molecule has 0 saturated heterocycles. The molecule has 2 nitrogen and oxygen atoms in total. The van der Waals surface area contributed by atoms with Gasteiger partial charge in [0.25, 0.3) is 0 Å². The van der Waals surface area contributed by atoms with Crippen LogP contribution in [0.2, 0.25) is 0 Å². The van der Waals surface area contributed by atoms with Crippen LogP contribution >= 0.6 is 38.5 Å². The summed E-state index contributed by atoms with van der Waals surface area (Å²) in [6.45, 7) is 2.03. The van der Waals surface area contributed by atoms with Gasteiger partial charge in [-0.2, -0.15) is 0 Å². The largest absolute Gasteiger partial charge is 0.396 e. The molecule has 0 unspecified atom stereocenters.